The second-order valence-corrected chi connectivity index (χ2v) is 5.50. The van der Waals surface area contributed by atoms with Gasteiger partial charge < -0.3 is 15.1 Å². The lowest BCUT2D eigenvalue weighted by atomic mass is 10.1. The second-order valence-electron chi connectivity index (χ2n) is 5.50. The van der Waals surface area contributed by atoms with Crippen molar-refractivity contribution in [1.29, 1.82) is 0 Å². The highest BCUT2D eigenvalue weighted by Gasteiger charge is 2.03. The first-order valence-electron chi connectivity index (χ1n) is 8.16. The summed E-state index contributed by atoms with van der Waals surface area (Å²) in [4.78, 5) is 8.74. The summed E-state index contributed by atoms with van der Waals surface area (Å²) in [5, 5.41) is 7.81. The minimum atomic E-state index is 0.781. The number of furan rings is 1. The van der Waals surface area contributed by atoms with Crippen LogP contribution in [0.2, 0.25) is 0 Å². The van der Waals surface area contributed by atoms with Crippen molar-refractivity contribution >= 4 is 16.9 Å². The fourth-order valence-electron chi connectivity index (χ4n) is 2.66. The number of nitrogens with one attached hydrogen (secondary N) is 2. The minimum absolute atomic E-state index is 0.781. The maximum Gasteiger partial charge on any atom is 0.191 e. The number of rotatable bonds is 6. The Balaban J connectivity index is 1.49. The first-order valence-corrected chi connectivity index (χ1v) is 8.16. The summed E-state index contributed by atoms with van der Waals surface area (Å²) in [7, 11) is 1.78. The molecular formula is C19H22N4O. The van der Waals surface area contributed by atoms with E-state index in [-0.39, 0.29) is 0 Å². The summed E-state index contributed by atoms with van der Waals surface area (Å²) in [6.45, 7) is 1.58. The Hall–Kier alpha value is -2.82. The van der Waals surface area contributed by atoms with Crippen LogP contribution in [0.3, 0.4) is 0 Å². The van der Waals surface area contributed by atoms with Gasteiger partial charge in [0.25, 0.3) is 0 Å². The highest BCUT2D eigenvalue weighted by Crippen LogP contribution is 2.15. The smallest absolute Gasteiger partial charge is 0.191 e. The van der Waals surface area contributed by atoms with Crippen molar-refractivity contribution in [2.75, 3.05) is 20.1 Å². The first kappa shape index (κ1) is 16.1. The highest BCUT2D eigenvalue weighted by molar-refractivity contribution is 5.82. The molecule has 0 saturated heterocycles. The van der Waals surface area contributed by atoms with E-state index in [1.165, 1.54) is 10.9 Å². The molecule has 0 fully saturated rings. The minimum Gasteiger partial charge on any atom is -0.469 e. The van der Waals surface area contributed by atoms with Gasteiger partial charge in [0.2, 0.25) is 0 Å². The van der Waals surface area contributed by atoms with Crippen LogP contribution in [0, 0.1) is 0 Å². The Kier molecular flexibility index (Phi) is 5.45. The molecule has 0 aliphatic rings. The van der Waals surface area contributed by atoms with E-state index in [4.69, 9.17) is 4.42 Å². The van der Waals surface area contributed by atoms with E-state index in [2.05, 4.69) is 44.9 Å². The molecule has 0 atom stereocenters. The molecule has 0 aliphatic carbocycles. The van der Waals surface area contributed by atoms with Crippen LogP contribution in [0.5, 0.6) is 0 Å². The topological polar surface area (TPSA) is 62.5 Å². The lowest BCUT2D eigenvalue weighted by Crippen LogP contribution is -2.39. The predicted octanol–water partition coefficient (Wildman–Crippen LogP) is 2.78. The molecule has 24 heavy (non-hydrogen) atoms. The number of pyridine rings is 1. The monoisotopic (exact) mass is 322 g/mol. The normalized spacial score (nSPS) is 11.6. The standard InChI is InChI=1S/C19H22N4O/c1-20-19(23-13-10-17-8-4-14-24-17)22-12-9-16-6-2-5-15-7-3-11-21-18(15)16/h2-8,11,14H,9-10,12-13H2,1H3,(H2,20,22,23). The third-order valence-electron chi connectivity index (χ3n) is 3.87. The maximum atomic E-state index is 5.32. The van der Waals surface area contributed by atoms with Gasteiger partial charge in [-0.3, -0.25) is 9.98 Å². The summed E-state index contributed by atoms with van der Waals surface area (Å²) in [6, 6.07) is 14.2. The SMILES string of the molecule is CN=C(NCCc1ccco1)NCCc1cccc2cccnc12. The van der Waals surface area contributed by atoms with E-state index < -0.39 is 0 Å². The van der Waals surface area contributed by atoms with Gasteiger partial charge in [0.15, 0.2) is 5.96 Å². The molecule has 3 rings (SSSR count). The number of hydrogen-bond acceptors (Lipinski definition) is 3. The molecule has 2 N–H and O–H groups in total. The van der Waals surface area contributed by atoms with Crippen LogP contribution in [0.1, 0.15) is 11.3 Å². The van der Waals surface area contributed by atoms with E-state index in [1.54, 1.807) is 13.3 Å². The Labute approximate surface area is 141 Å². The zero-order valence-corrected chi connectivity index (χ0v) is 13.8. The second kappa shape index (κ2) is 8.15. The van der Waals surface area contributed by atoms with Crippen molar-refractivity contribution in [3.05, 3.63) is 66.2 Å². The van der Waals surface area contributed by atoms with Crippen LogP contribution in [0.25, 0.3) is 10.9 Å². The summed E-state index contributed by atoms with van der Waals surface area (Å²) in [5.74, 6) is 1.77. The van der Waals surface area contributed by atoms with Crippen molar-refractivity contribution in [3.63, 3.8) is 0 Å². The van der Waals surface area contributed by atoms with Gasteiger partial charge in [-0.15, -0.1) is 0 Å². The van der Waals surface area contributed by atoms with Gasteiger partial charge in [0, 0.05) is 38.1 Å². The predicted molar refractivity (Wildman–Crippen MR) is 97.2 cm³/mol. The molecule has 1 aromatic carbocycles. The van der Waals surface area contributed by atoms with Gasteiger partial charge in [-0.25, -0.2) is 0 Å². The summed E-state index contributed by atoms with van der Waals surface area (Å²) in [6.07, 6.45) is 5.27. The number of benzene rings is 1. The van der Waals surface area contributed by atoms with Gasteiger partial charge in [0.05, 0.1) is 11.8 Å². The fraction of sp³-hybridized carbons (Fsp3) is 0.263. The molecule has 0 spiro atoms. The summed E-state index contributed by atoms with van der Waals surface area (Å²) >= 11 is 0. The zero-order valence-electron chi connectivity index (χ0n) is 13.8. The molecule has 3 aromatic rings. The maximum absolute atomic E-state index is 5.32. The number of aromatic nitrogens is 1. The fourth-order valence-corrected chi connectivity index (χ4v) is 2.66. The Bertz CT molecular complexity index is 791. The molecule has 0 aliphatic heterocycles. The van der Waals surface area contributed by atoms with Crippen molar-refractivity contribution in [1.82, 2.24) is 15.6 Å². The number of aliphatic imine (C=N–C) groups is 1. The van der Waals surface area contributed by atoms with Crippen LogP contribution >= 0.6 is 0 Å². The summed E-state index contributed by atoms with van der Waals surface area (Å²) < 4.78 is 5.32. The molecule has 0 saturated carbocycles. The lowest BCUT2D eigenvalue weighted by Gasteiger charge is -2.12. The van der Waals surface area contributed by atoms with Gasteiger partial charge in [-0.2, -0.15) is 0 Å². The van der Waals surface area contributed by atoms with Crippen LogP contribution < -0.4 is 10.6 Å². The van der Waals surface area contributed by atoms with Gasteiger partial charge >= 0.3 is 0 Å². The number of hydrogen-bond donors (Lipinski definition) is 2. The first-order chi connectivity index (χ1) is 11.9. The van der Waals surface area contributed by atoms with E-state index in [1.807, 2.05) is 24.4 Å². The molecule has 124 valence electrons. The molecule has 0 bridgehead atoms. The largest absolute Gasteiger partial charge is 0.469 e. The quantitative estimate of drug-likeness (QED) is 0.541. The lowest BCUT2D eigenvalue weighted by molar-refractivity contribution is 0.507. The van der Waals surface area contributed by atoms with E-state index in [0.717, 1.165) is 43.2 Å². The van der Waals surface area contributed by atoms with Crippen LogP contribution in [0.4, 0.5) is 0 Å². The molecule has 0 radical (unpaired) electrons. The average molecular weight is 322 g/mol. The van der Waals surface area contributed by atoms with E-state index in [9.17, 15) is 0 Å². The third-order valence-corrected chi connectivity index (χ3v) is 3.87. The van der Waals surface area contributed by atoms with Gasteiger partial charge in [-0.05, 0) is 30.2 Å². The van der Waals surface area contributed by atoms with Crippen LogP contribution in [-0.2, 0) is 12.8 Å². The van der Waals surface area contributed by atoms with Crippen LogP contribution in [-0.4, -0.2) is 31.1 Å². The molecular weight excluding hydrogens is 300 g/mol. The molecule has 0 amide bonds. The van der Waals surface area contributed by atoms with Crippen LogP contribution in [0.15, 0.2) is 64.3 Å². The van der Waals surface area contributed by atoms with E-state index >= 15 is 0 Å². The van der Waals surface area contributed by atoms with E-state index in [0.29, 0.717) is 0 Å². The van der Waals surface area contributed by atoms with Gasteiger partial charge in [-0.1, -0.05) is 24.3 Å². The Morgan fingerprint density at radius 3 is 2.67 bits per heavy atom. The Morgan fingerprint density at radius 1 is 1.04 bits per heavy atom. The molecule has 2 aromatic heterocycles. The molecule has 0 unspecified atom stereocenters. The molecule has 5 nitrogen and oxygen atoms in total. The van der Waals surface area contributed by atoms with Crippen molar-refractivity contribution in [2.24, 2.45) is 4.99 Å². The average Bonchev–Trinajstić information content (AvgIpc) is 3.14. The zero-order chi connectivity index (χ0) is 16.6. The van der Waals surface area contributed by atoms with Crippen molar-refractivity contribution in [3.8, 4) is 0 Å². The number of nitrogens with zero attached hydrogens (tertiary/aromatic N) is 2. The number of fused-ring (bicyclic) bond motifs is 1. The number of guanidine groups is 1. The highest BCUT2D eigenvalue weighted by atomic mass is 16.3. The third kappa shape index (κ3) is 4.13. The van der Waals surface area contributed by atoms with Gasteiger partial charge in [0.1, 0.15) is 5.76 Å². The summed E-state index contributed by atoms with van der Waals surface area (Å²) in [5.41, 5.74) is 2.31. The van der Waals surface area contributed by atoms with Crippen molar-refractivity contribution < 1.29 is 4.42 Å². The Morgan fingerprint density at radius 2 is 1.88 bits per heavy atom. The molecule has 2 heterocycles. The molecule has 5 heteroatoms. The van der Waals surface area contributed by atoms with Crippen molar-refractivity contribution in [2.45, 2.75) is 12.8 Å². The number of para-hydroxylation sites is 1.